The first kappa shape index (κ1) is 11.8. The number of alkyl halides is 1. The smallest absolute Gasteiger partial charge is 0.340 e. The van der Waals surface area contributed by atoms with Crippen molar-refractivity contribution in [2.75, 3.05) is 14.2 Å². The number of ether oxygens (including phenoxy) is 2. The SMILES string of the molecule is COC(=O)c1cc(OC)c(CCl)cc1F. The van der Waals surface area contributed by atoms with Gasteiger partial charge in [0.25, 0.3) is 0 Å². The van der Waals surface area contributed by atoms with Gasteiger partial charge in [-0.25, -0.2) is 9.18 Å². The van der Waals surface area contributed by atoms with Crippen LogP contribution in [0.1, 0.15) is 15.9 Å². The number of hydrogen-bond donors (Lipinski definition) is 0. The van der Waals surface area contributed by atoms with Gasteiger partial charge in [-0.2, -0.15) is 0 Å². The first-order chi connectivity index (χ1) is 7.13. The number of carbonyl (C=O) groups excluding carboxylic acids is 1. The van der Waals surface area contributed by atoms with E-state index in [9.17, 15) is 9.18 Å². The normalized spacial score (nSPS) is 9.87. The number of carbonyl (C=O) groups is 1. The van der Waals surface area contributed by atoms with Crippen LogP contribution in [0.2, 0.25) is 0 Å². The van der Waals surface area contributed by atoms with E-state index in [1.807, 2.05) is 0 Å². The highest BCUT2D eigenvalue weighted by atomic mass is 35.5. The van der Waals surface area contributed by atoms with Gasteiger partial charge in [0.15, 0.2) is 0 Å². The molecule has 0 heterocycles. The third kappa shape index (κ3) is 2.39. The van der Waals surface area contributed by atoms with Crippen LogP contribution in [0, 0.1) is 5.82 Å². The lowest BCUT2D eigenvalue weighted by Gasteiger charge is -2.08. The van der Waals surface area contributed by atoms with Crippen LogP contribution in [0.3, 0.4) is 0 Å². The second-order valence-electron chi connectivity index (χ2n) is 2.77. The largest absolute Gasteiger partial charge is 0.496 e. The van der Waals surface area contributed by atoms with E-state index < -0.39 is 11.8 Å². The Kier molecular flexibility index (Phi) is 3.91. The monoisotopic (exact) mass is 232 g/mol. The van der Waals surface area contributed by atoms with Crippen LogP contribution in [0.15, 0.2) is 12.1 Å². The fourth-order valence-corrected chi connectivity index (χ4v) is 1.36. The summed E-state index contributed by atoms with van der Waals surface area (Å²) in [6.07, 6.45) is 0. The third-order valence-electron chi connectivity index (χ3n) is 1.92. The molecule has 0 aliphatic carbocycles. The maximum Gasteiger partial charge on any atom is 0.340 e. The fraction of sp³-hybridized carbons (Fsp3) is 0.300. The Hall–Kier alpha value is -1.29. The molecule has 0 unspecified atom stereocenters. The highest BCUT2D eigenvalue weighted by Crippen LogP contribution is 2.24. The molecule has 0 amide bonds. The zero-order chi connectivity index (χ0) is 11.4. The van der Waals surface area contributed by atoms with Gasteiger partial charge >= 0.3 is 5.97 Å². The predicted octanol–water partition coefficient (Wildman–Crippen LogP) is 2.36. The third-order valence-corrected chi connectivity index (χ3v) is 2.21. The van der Waals surface area contributed by atoms with Crippen LogP contribution in [-0.2, 0) is 10.6 Å². The molecule has 0 aliphatic heterocycles. The van der Waals surface area contributed by atoms with Crippen LogP contribution < -0.4 is 4.74 Å². The zero-order valence-corrected chi connectivity index (χ0v) is 9.10. The van der Waals surface area contributed by atoms with Gasteiger partial charge in [-0.15, -0.1) is 11.6 Å². The molecular formula is C10H10ClFO3. The maximum absolute atomic E-state index is 13.4. The van der Waals surface area contributed by atoms with Crippen LogP contribution in [0.4, 0.5) is 4.39 Å². The van der Waals surface area contributed by atoms with Gasteiger partial charge in [-0.3, -0.25) is 0 Å². The number of rotatable bonds is 3. The molecular weight excluding hydrogens is 223 g/mol. The number of halogens is 2. The number of benzene rings is 1. The highest BCUT2D eigenvalue weighted by Gasteiger charge is 2.16. The average Bonchev–Trinajstić information content (AvgIpc) is 2.27. The quantitative estimate of drug-likeness (QED) is 0.593. The van der Waals surface area contributed by atoms with Gasteiger partial charge < -0.3 is 9.47 Å². The van der Waals surface area contributed by atoms with E-state index >= 15 is 0 Å². The van der Waals surface area contributed by atoms with E-state index in [1.54, 1.807) is 0 Å². The van der Waals surface area contributed by atoms with Crippen LogP contribution >= 0.6 is 11.6 Å². The van der Waals surface area contributed by atoms with E-state index in [2.05, 4.69) is 4.74 Å². The number of hydrogen-bond acceptors (Lipinski definition) is 3. The number of esters is 1. The van der Waals surface area contributed by atoms with Gasteiger partial charge in [-0.05, 0) is 12.1 Å². The summed E-state index contributed by atoms with van der Waals surface area (Å²) in [4.78, 5) is 11.2. The van der Waals surface area contributed by atoms with Crippen molar-refractivity contribution in [3.63, 3.8) is 0 Å². The van der Waals surface area contributed by atoms with Crippen molar-refractivity contribution in [1.29, 1.82) is 0 Å². The Morgan fingerprint density at radius 1 is 1.47 bits per heavy atom. The molecule has 5 heteroatoms. The van der Waals surface area contributed by atoms with E-state index in [0.29, 0.717) is 11.3 Å². The predicted molar refractivity (Wildman–Crippen MR) is 53.8 cm³/mol. The molecule has 1 rings (SSSR count). The first-order valence-electron chi connectivity index (χ1n) is 4.14. The molecule has 3 nitrogen and oxygen atoms in total. The van der Waals surface area contributed by atoms with Crippen LogP contribution in [-0.4, -0.2) is 20.2 Å². The molecule has 15 heavy (non-hydrogen) atoms. The molecule has 1 aromatic rings. The van der Waals surface area contributed by atoms with Crippen molar-refractivity contribution >= 4 is 17.6 Å². The second-order valence-corrected chi connectivity index (χ2v) is 3.04. The molecule has 82 valence electrons. The van der Waals surface area contributed by atoms with Crippen molar-refractivity contribution in [3.05, 3.63) is 29.1 Å². The van der Waals surface area contributed by atoms with Crippen molar-refractivity contribution in [3.8, 4) is 5.75 Å². The minimum atomic E-state index is -0.744. The summed E-state index contributed by atoms with van der Waals surface area (Å²) in [5, 5.41) is 0. The average molecular weight is 233 g/mol. The summed E-state index contributed by atoms with van der Waals surface area (Å²) in [5.74, 6) is -0.932. The summed E-state index contributed by atoms with van der Waals surface area (Å²) >= 11 is 5.59. The van der Waals surface area contributed by atoms with Crippen molar-refractivity contribution in [2.24, 2.45) is 0 Å². The summed E-state index contributed by atoms with van der Waals surface area (Å²) in [7, 11) is 2.61. The van der Waals surface area contributed by atoms with E-state index in [1.165, 1.54) is 20.3 Å². The molecule has 0 saturated carbocycles. The lowest BCUT2D eigenvalue weighted by Crippen LogP contribution is -2.06. The zero-order valence-electron chi connectivity index (χ0n) is 8.34. The molecule has 0 aromatic heterocycles. The highest BCUT2D eigenvalue weighted by molar-refractivity contribution is 6.17. The second kappa shape index (κ2) is 4.98. The van der Waals surface area contributed by atoms with E-state index in [0.717, 1.165) is 6.07 Å². The topological polar surface area (TPSA) is 35.5 Å². The molecule has 0 bridgehead atoms. The van der Waals surface area contributed by atoms with E-state index in [4.69, 9.17) is 16.3 Å². The van der Waals surface area contributed by atoms with Crippen LogP contribution in [0.25, 0.3) is 0 Å². The van der Waals surface area contributed by atoms with E-state index in [-0.39, 0.29) is 11.4 Å². The molecule has 0 saturated heterocycles. The Labute approximate surface area is 91.7 Å². The Morgan fingerprint density at radius 2 is 2.13 bits per heavy atom. The van der Waals surface area contributed by atoms with Gasteiger partial charge in [0.05, 0.1) is 25.7 Å². The maximum atomic E-state index is 13.4. The van der Waals surface area contributed by atoms with Gasteiger partial charge in [0.2, 0.25) is 0 Å². The van der Waals surface area contributed by atoms with Crippen molar-refractivity contribution in [2.45, 2.75) is 5.88 Å². The minimum Gasteiger partial charge on any atom is -0.496 e. The van der Waals surface area contributed by atoms with Gasteiger partial charge in [0, 0.05) is 5.56 Å². The lowest BCUT2D eigenvalue weighted by atomic mass is 10.1. The molecule has 1 aromatic carbocycles. The van der Waals surface area contributed by atoms with Crippen LogP contribution in [0.5, 0.6) is 5.75 Å². The fourth-order valence-electron chi connectivity index (χ4n) is 1.16. The molecule has 0 aliphatic rings. The molecule has 0 fully saturated rings. The summed E-state index contributed by atoms with van der Waals surface area (Å²) in [6.45, 7) is 0. The summed E-state index contributed by atoms with van der Waals surface area (Å²) < 4.78 is 22.8. The van der Waals surface area contributed by atoms with Gasteiger partial charge in [0.1, 0.15) is 11.6 Å². The molecule has 0 spiro atoms. The molecule has 0 N–H and O–H groups in total. The van der Waals surface area contributed by atoms with Crippen molar-refractivity contribution < 1.29 is 18.7 Å². The lowest BCUT2D eigenvalue weighted by molar-refractivity contribution is 0.0595. The number of methoxy groups -OCH3 is 2. The minimum absolute atomic E-state index is 0.113. The summed E-state index contributed by atoms with van der Waals surface area (Å²) in [6, 6.07) is 2.44. The Balaban J connectivity index is 3.25. The summed E-state index contributed by atoms with van der Waals surface area (Å²) in [5.41, 5.74) is 0.326. The first-order valence-corrected chi connectivity index (χ1v) is 4.68. The standard InChI is InChI=1S/C10H10ClFO3/c1-14-9-4-7(10(13)15-2)8(12)3-6(9)5-11/h3-4H,5H2,1-2H3. The molecule has 0 atom stereocenters. The Bertz CT molecular complexity index is 379. The van der Waals surface area contributed by atoms with Gasteiger partial charge in [-0.1, -0.05) is 0 Å². The Morgan fingerprint density at radius 3 is 2.60 bits per heavy atom. The van der Waals surface area contributed by atoms with Crippen molar-refractivity contribution in [1.82, 2.24) is 0 Å². The molecule has 0 radical (unpaired) electrons.